The number of benzene rings is 3. The molecule has 2 heterocycles. The number of hydrogen-bond acceptors (Lipinski definition) is 3. The van der Waals surface area contributed by atoms with Crippen LogP contribution in [-0.2, 0) is 11.2 Å². The van der Waals surface area contributed by atoms with E-state index in [-0.39, 0.29) is 11.9 Å². The van der Waals surface area contributed by atoms with E-state index in [1.54, 1.807) is 6.26 Å². The zero-order chi connectivity index (χ0) is 18.2. The molecule has 27 heavy (non-hydrogen) atoms. The molecule has 0 radical (unpaired) electrons. The summed E-state index contributed by atoms with van der Waals surface area (Å²) in [6, 6.07) is 20.7. The summed E-state index contributed by atoms with van der Waals surface area (Å²) < 4.78 is 5.72. The van der Waals surface area contributed by atoms with E-state index in [2.05, 4.69) is 41.7 Å². The normalized spacial score (nSPS) is 16.4. The van der Waals surface area contributed by atoms with Gasteiger partial charge in [-0.05, 0) is 34.9 Å². The lowest BCUT2D eigenvalue weighted by Crippen LogP contribution is -2.31. The molecule has 0 aliphatic carbocycles. The van der Waals surface area contributed by atoms with Crippen molar-refractivity contribution in [2.45, 2.75) is 23.8 Å². The van der Waals surface area contributed by atoms with Gasteiger partial charge in [-0.15, -0.1) is 11.8 Å². The van der Waals surface area contributed by atoms with E-state index in [9.17, 15) is 4.79 Å². The molecule has 1 aliphatic rings. The Bertz CT molecular complexity index is 1150. The summed E-state index contributed by atoms with van der Waals surface area (Å²) >= 11 is 1.86. The van der Waals surface area contributed by atoms with Crippen molar-refractivity contribution in [2.24, 2.45) is 0 Å². The molecule has 1 aliphatic heterocycles. The molecule has 4 aromatic rings. The largest absolute Gasteiger partial charge is 0.464 e. The molecule has 1 aromatic heterocycles. The minimum absolute atomic E-state index is 0.0392. The monoisotopic (exact) mass is 373 g/mol. The highest BCUT2D eigenvalue weighted by molar-refractivity contribution is 7.99. The number of thioether (sulfide) groups is 1. The molecule has 0 saturated carbocycles. The van der Waals surface area contributed by atoms with Gasteiger partial charge in [0.05, 0.1) is 18.7 Å². The van der Waals surface area contributed by atoms with E-state index >= 15 is 0 Å². The molecule has 3 aromatic carbocycles. The van der Waals surface area contributed by atoms with Gasteiger partial charge in [0, 0.05) is 21.6 Å². The van der Waals surface area contributed by atoms with E-state index in [0.29, 0.717) is 6.42 Å². The third-order valence-corrected chi connectivity index (χ3v) is 6.31. The number of furan rings is 1. The maximum atomic E-state index is 12.8. The van der Waals surface area contributed by atoms with Crippen LogP contribution in [0.15, 0.2) is 76.2 Å². The van der Waals surface area contributed by atoms with E-state index in [1.165, 1.54) is 10.5 Å². The smallest absolute Gasteiger partial charge is 0.225 e. The molecule has 1 atom stereocenters. The molecular formula is C23H19NO2S. The van der Waals surface area contributed by atoms with Gasteiger partial charge >= 0.3 is 0 Å². The minimum atomic E-state index is 0.0392. The first-order valence-corrected chi connectivity index (χ1v) is 10.2. The maximum Gasteiger partial charge on any atom is 0.225 e. The van der Waals surface area contributed by atoms with Crippen molar-refractivity contribution in [3.05, 3.63) is 78.1 Å². The summed E-state index contributed by atoms with van der Waals surface area (Å²) in [5.41, 5.74) is 3.00. The molecule has 1 amide bonds. The van der Waals surface area contributed by atoms with E-state index in [1.807, 2.05) is 36.0 Å². The van der Waals surface area contributed by atoms with Crippen molar-refractivity contribution in [1.82, 2.24) is 5.32 Å². The molecule has 134 valence electrons. The zero-order valence-electron chi connectivity index (χ0n) is 14.8. The van der Waals surface area contributed by atoms with E-state index in [0.717, 1.165) is 39.5 Å². The van der Waals surface area contributed by atoms with Crippen LogP contribution in [0, 0.1) is 0 Å². The molecule has 4 heteroatoms. The van der Waals surface area contributed by atoms with Crippen molar-refractivity contribution in [3.63, 3.8) is 0 Å². The van der Waals surface area contributed by atoms with Crippen molar-refractivity contribution in [2.75, 3.05) is 5.75 Å². The lowest BCUT2D eigenvalue weighted by Gasteiger charge is -2.25. The fraction of sp³-hybridized carbons (Fsp3) is 0.174. The summed E-state index contributed by atoms with van der Waals surface area (Å²) in [4.78, 5) is 14.1. The zero-order valence-corrected chi connectivity index (χ0v) is 15.6. The van der Waals surface area contributed by atoms with Crippen molar-refractivity contribution < 1.29 is 9.21 Å². The van der Waals surface area contributed by atoms with Gasteiger partial charge in [0.15, 0.2) is 0 Å². The summed E-state index contributed by atoms with van der Waals surface area (Å²) in [5.74, 6) is 1.07. The summed E-state index contributed by atoms with van der Waals surface area (Å²) in [7, 11) is 0. The Balaban J connectivity index is 1.43. The SMILES string of the molecule is O=C(Cc1coc2ccc3ccccc3c12)NC1CCSc2ccccc21. The van der Waals surface area contributed by atoms with E-state index in [4.69, 9.17) is 4.42 Å². The second kappa shape index (κ2) is 6.78. The second-order valence-corrected chi connectivity index (χ2v) is 8.03. The molecular weight excluding hydrogens is 354 g/mol. The van der Waals surface area contributed by atoms with Crippen molar-refractivity contribution in [3.8, 4) is 0 Å². The fourth-order valence-corrected chi connectivity index (χ4v) is 5.04. The van der Waals surface area contributed by atoms with Gasteiger partial charge in [-0.3, -0.25) is 4.79 Å². The first-order valence-electron chi connectivity index (χ1n) is 9.18. The standard InChI is InChI=1S/C23H19NO2S/c25-22(24-19-11-12-27-21-8-4-3-7-18(19)21)13-16-14-26-20-10-9-15-5-1-2-6-17(15)23(16)20/h1-10,14,19H,11-13H2,(H,24,25). The van der Waals surface area contributed by atoms with Gasteiger partial charge in [0.25, 0.3) is 0 Å². The van der Waals surface area contributed by atoms with Crippen LogP contribution in [-0.4, -0.2) is 11.7 Å². The first-order chi connectivity index (χ1) is 13.3. The second-order valence-electron chi connectivity index (χ2n) is 6.89. The topological polar surface area (TPSA) is 42.2 Å². The third kappa shape index (κ3) is 3.00. The Labute approximate surface area is 161 Å². The Kier molecular flexibility index (Phi) is 4.13. The van der Waals surface area contributed by atoms with Crippen LogP contribution in [0.2, 0.25) is 0 Å². The number of carbonyl (C=O) groups is 1. The molecule has 0 spiro atoms. The maximum absolute atomic E-state index is 12.8. The Morgan fingerprint density at radius 1 is 1.07 bits per heavy atom. The quantitative estimate of drug-likeness (QED) is 0.517. The minimum Gasteiger partial charge on any atom is -0.464 e. The first kappa shape index (κ1) is 16.5. The number of fused-ring (bicyclic) bond motifs is 4. The molecule has 0 fully saturated rings. The van der Waals surface area contributed by atoms with Crippen LogP contribution in [0.25, 0.3) is 21.7 Å². The molecule has 0 saturated heterocycles. The Morgan fingerprint density at radius 3 is 2.89 bits per heavy atom. The Hall–Kier alpha value is -2.72. The lowest BCUT2D eigenvalue weighted by molar-refractivity contribution is -0.121. The van der Waals surface area contributed by atoms with Crippen molar-refractivity contribution >= 4 is 39.4 Å². The highest BCUT2D eigenvalue weighted by atomic mass is 32.2. The van der Waals surface area contributed by atoms with Gasteiger partial charge in [0.1, 0.15) is 5.58 Å². The highest BCUT2D eigenvalue weighted by Crippen LogP contribution is 2.36. The third-order valence-electron chi connectivity index (χ3n) is 5.18. The van der Waals surface area contributed by atoms with Crippen LogP contribution in [0.3, 0.4) is 0 Å². The van der Waals surface area contributed by atoms with Crippen LogP contribution < -0.4 is 5.32 Å². The fourth-order valence-electron chi connectivity index (χ4n) is 3.91. The summed E-state index contributed by atoms with van der Waals surface area (Å²) in [6.45, 7) is 0. The van der Waals surface area contributed by atoms with Crippen LogP contribution >= 0.6 is 11.8 Å². The summed E-state index contributed by atoms with van der Waals surface area (Å²) in [5, 5.41) is 6.57. The molecule has 0 bridgehead atoms. The highest BCUT2D eigenvalue weighted by Gasteiger charge is 2.22. The average molecular weight is 373 g/mol. The number of nitrogens with one attached hydrogen (secondary N) is 1. The predicted octanol–water partition coefficient (Wildman–Crippen LogP) is 5.48. The number of hydrogen-bond donors (Lipinski definition) is 1. The van der Waals surface area contributed by atoms with Crippen LogP contribution in [0.5, 0.6) is 0 Å². The van der Waals surface area contributed by atoms with Gasteiger partial charge in [-0.2, -0.15) is 0 Å². The molecule has 1 N–H and O–H groups in total. The Morgan fingerprint density at radius 2 is 1.93 bits per heavy atom. The number of carbonyl (C=O) groups excluding carboxylic acids is 1. The van der Waals surface area contributed by atoms with Crippen LogP contribution in [0.1, 0.15) is 23.6 Å². The van der Waals surface area contributed by atoms with Crippen molar-refractivity contribution in [1.29, 1.82) is 0 Å². The molecule has 5 rings (SSSR count). The predicted molar refractivity (Wildman–Crippen MR) is 110 cm³/mol. The molecule has 3 nitrogen and oxygen atoms in total. The van der Waals surface area contributed by atoms with Crippen LogP contribution in [0.4, 0.5) is 0 Å². The summed E-state index contributed by atoms with van der Waals surface area (Å²) in [6.07, 6.45) is 3.01. The number of amides is 1. The van der Waals surface area contributed by atoms with E-state index < -0.39 is 0 Å². The number of rotatable bonds is 3. The van der Waals surface area contributed by atoms with Gasteiger partial charge in [-0.1, -0.05) is 48.5 Å². The van der Waals surface area contributed by atoms with Gasteiger partial charge in [0.2, 0.25) is 5.91 Å². The lowest BCUT2D eigenvalue weighted by atomic mass is 10.0. The molecule has 1 unspecified atom stereocenters. The average Bonchev–Trinajstić information content (AvgIpc) is 3.11. The van der Waals surface area contributed by atoms with Gasteiger partial charge in [-0.25, -0.2) is 0 Å². The van der Waals surface area contributed by atoms with Gasteiger partial charge < -0.3 is 9.73 Å².